The summed E-state index contributed by atoms with van der Waals surface area (Å²) >= 11 is 0. The van der Waals surface area contributed by atoms with E-state index in [1.54, 1.807) is 0 Å². The number of hydrogen-bond acceptors (Lipinski definition) is 6. The van der Waals surface area contributed by atoms with Gasteiger partial charge in [-0.3, -0.25) is 0 Å². The normalized spacial score (nSPS) is 11.1. The molecule has 76 valence electrons. The van der Waals surface area contributed by atoms with Gasteiger partial charge in [0.2, 0.25) is 0 Å². The van der Waals surface area contributed by atoms with Crippen LogP contribution in [0.1, 0.15) is 19.8 Å². The molecule has 0 aromatic heterocycles. The van der Waals surface area contributed by atoms with Gasteiger partial charge < -0.3 is 4.74 Å². The number of ether oxygens (including phenoxy) is 1. The highest BCUT2D eigenvalue weighted by atomic mass is 31.2. The molecule has 0 rings (SSSR count). The van der Waals surface area contributed by atoms with Crippen LogP contribution in [0.2, 0.25) is 0 Å². The van der Waals surface area contributed by atoms with Gasteiger partial charge in [-0.2, -0.15) is 14.7 Å². The van der Waals surface area contributed by atoms with Crippen LogP contribution >= 0.6 is 7.94 Å². The Bertz CT molecular complexity index is 196. The molecule has 0 bridgehead atoms. The highest BCUT2D eigenvalue weighted by molar-refractivity contribution is 7.78. The third-order valence-electron chi connectivity index (χ3n) is 1.18. The lowest BCUT2D eigenvalue weighted by molar-refractivity contribution is -0.151. The van der Waals surface area contributed by atoms with Crippen molar-refractivity contribution in [1.29, 1.82) is 0 Å². The van der Waals surface area contributed by atoms with Gasteiger partial charge in [-0.05, 0) is 6.42 Å². The minimum absolute atomic E-state index is 0.0288. The lowest BCUT2D eigenvalue weighted by Gasteiger charge is -2.02. The molecular formula is C6H12O6P+. The molecule has 0 aliphatic heterocycles. The van der Waals surface area contributed by atoms with E-state index in [4.69, 9.17) is 14.7 Å². The van der Waals surface area contributed by atoms with Gasteiger partial charge in [0.05, 0.1) is 6.61 Å². The molecule has 0 radical (unpaired) electrons. The second kappa shape index (κ2) is 5.24. The summed E-state index contributed by atoms with van der Waals surface area (Å²) in [7, 11) is -4.72. The summed E-state index contributed by atoms with van der Waals surface area (Å²) in [6.07, 6.45) is 1.35. The number of rotatable bonds is 5. The molecule has 0 saturated carbocycles. The maximum Gasteiger partial charge on any atom is 0.491 e. The molecule has 0 unspecified atom stereocenters. The fourth-order valence-corrected chi connectivity index (χ4v) is 0.803. The van der Waals surface area contributed by atoms with Crippen molar-refractivity contribution in [3.8, 4) is 0 Å². The molecule has 0 spiro atoms. The Labute approximate surface area is 75.7 Å². The average molecular weight is 211 g/mol. The Morgan fingerprint density at radius 2 is 1.85 bits per heavy atom. The minimum atomic E-state index is -4.72. The Hall–Kier alpha value is -0.550. The van der Waals surface area contributed by atoms with E-state index in [1.165, 1.54) is 0 Å². The first kappa shape index (κ1) is 12.4. The van der Waals surface area contributed by atoms with E-state index >= 15 is 0 Å². The van der Waals surface area contributed by atoms with E-state index in [9.17, 15) is 9.59 Å². The van der Waals surface area contributed by atoms with Gasteiger partial charge in [0.25, 0.3) is 0 Å². The summed E-state index contributed by atoms with van der Waals surface area (Å²) in [5.41, 5.74) is -1.68. The van der Waals surface area contributed by atoms with Crippen molar-refractivity contribution in [2.45, 2.75) is 19.8 Å². The van der Waals surface area contributed by atoms with Gasteiger partial charge in [-0.1, -0.05) is 13.3 Å². The fourth-order valence-electron chi connectivity index (χ4n) is 0.493. The Kier molecular flexibility index (Phi) is 5.02. The molecule has 0 saturated heterocycles. The smallest absolute Gasteiger partial charge is 0.457 e. The van der Waals surface area contributed by atoms with Gasteiger partial charge in [0.1, 0.15) is 0 Å². The molecular weight excluding hydrogens is 199 g/mol. The van der Waals surface area contributed by atoms with Crippen molar-refractivity contribution in [3.05, 3.63) is 0 Å². The zero-order chi connectivity index (χ0) is 10.5. The van der Waals surface area contributed by atoms with Gasteiger partial charge in [0, 0.05) is 0 Å². The van der Waals surface area contributed by atoms with E-state index in [-0.39, 0.29) is 6.61 Å². The Balaban J connectivity index is 3.92. The molecule has 13 heavy (non-hydrogen) atoms. The highest BCUT2D eigenvalue weighted by Gasteiger charge is 2.49. The third kappa shape index (κ3) is 4.90. The predicted molar refractivity (Wildman–Crippen MR) is 44.5 cm³/mol. The predicted octanol–water partition coefficient (Wildman–Crippen LogP) is -0.404. The second-order valence-corrected chi connectivity index (χ2v) is 3.91. The summed E-state index contributed by atoms with van der Waals surface area (Å²) in [5.74, 6) is -1.41. The second-order valence-electron chi connectivity index (χ2n) is 2.36. The van der Waals surface area contributed by atoms with E-state index < -0.39 is 19.4 Å². The van der Waals surface area contributed by atoms with E-state index in [2.05, 4.69) is 4.74 Å². The lowest BCUT2D eigenvalue weighted by atomic mass is 10.4. The molecule has 0 atom stereocenters. The molecule has 0 aliphatic carbocycles. The van der Waals surface area contributed by atoms with Crippen molar-refractivity contribution in [1.82, 2.24) is 0 Å². The number of esters is 1. The van der Waals surface area contributed by atoms with Crippen molar-refractivity contribution in [3.63, 3.8) is 0 Å². The molecule has 7 heteroatoms. The molecule has 0 fully saturated rings. The fraction of sp³-hybridized carbons (Fsp3) is 0.667. The number of carbonyl (C=O) groups is 2. The van der Waals surface area contributed by atoms with E-state index in [0.29, 0.717) is 6.42 Å². The zero-order valence-electron chi connectivity index (χ0n) is 7.13. The van der Waals surface area contributed by atoms with Gasteiger partial charge >= 0.3 is 19.4 Å². The molecule has 3 N–H and O–H groups in total. The van der Waals surface area contributed by atoms with Crippen molar-refractivity contribution < 1.29 is 29.0 Å². The van der Waals surface area contributed by atoms with Crippen LogP contribution in [-0.4, -0.2) is 32.8 Å². The first-order valence-corrected chi connectivity index (χ1v) is 5.33. The van der Waals surface area contributed by atoms with Crippen LogP contribution in [-0.2, 0) is 14.3 Å². The number of hydrogen-bond donors (Lipinski definition) is 3. The van der Waals surface area contributed by atoms with Crippen LogP contribution in [0.4, 0.5) is 0 Å². The van der Waals surface area contributed by atoms with Gasteiger partial charge in [0.15, 0.2) is 0 Å². The maximum atomic E-state index is 10.6. The lowest BCUT2D eigenvalue weighted by Crippen LogP contribution is -2.20. The van der Waals surface area contributed by atoms with E-state index in [1.807, 2.05) is 6.92 Å². The Morgan fingerprint density at radius 3 is 2.23 bits per heavy atom. The summed E-state index contributed by atoms with van der Waals surface area (Å²) in [6, 6.07) is 0. The highest BCUT2D eigenvalue weighted by Crippen LogP contribution is 2.45. The molecule has 0 aromatic rings. The van der Waals surface area contributed by atoms with Crippen molar-refractivity contribution >= 4 is 19.4 Å². The molecule has 6 nitrogen and oxygen atoms in total. The summed E-state index contributed by atoms with van der Waals surface area (Å²) in [5, 5.41) is 0. The van der Waals surface area contributed by atoms with Crippen LogP contribution in [0.3, 0.4) is 0 Å². The number of unbranched alkanes of at least 4 members (excludes halogenated alkanes) is 1. The van der Waals surface area contributed by atoms with Gasteiger partial charge in [-0.25, -0.2) is 9.59 Å². The van der Waals surface area contributed by atoms with Crippen LogP contribution in [0.25, 0.3) is 0 Å². The van der Waals surface area contributed by atoms with Crippen LogP contribution in [0.5, 0.6) is 0 Å². The molecule has 0 amide bonds. The zero-order valence-corrected chi connectivity index (χ0v) is 8.03. The van der Waals surface area contributed by atoms with Gasteiger partial charge in [-0.15, -0.1) is 0 Å². The monoisotopic (exact) mass is 211 g/mol. The summed E-state index contributed by atoms with van der Waals surface area (Å²) in [4.78, 5) is 46.4. The number of carbonyl (C=O) groups excluding carboxylic acids is 2. The van der Waals surface area contributed by atoms with E-state index in [0.717, 1.165) is 6.42 Å². The van der Waals surface area contributed by atoms with Crippen LogP contribution in [0.15, 0.2) is 0 Å². The van der Waals surface area contributed by atoms with Crippen LogP contribution in [0, 0.1) is 0 Å². The molecule has 0 heterocycles. The maximum absolute atomic E-state index is 10.6. The first-order valence-electron chi connectivity index (χ1n) is 3.68. The largest absolute Gasteiger partial charge is 0.491 e. The molecule has 0 aliphatic rings. The third-order valence-corrected chi connectivity index (χ3v) is 1.91. The Morgan fingerprint density at radius 1 is 1.31 bits per heavy atom. The van der Waals surface area contributed by atoms with Crippen molar-refractivity contribution in [2.24, 2.45) is 0 Å². The summed E-state index contributed by atoms with van der Waals surface area (Å²) < 4.78 is 4.33. The quantitative estimate of drug-likeness (QED) is 0.247. The van der Waals surface area contributed by atoms with Crippen LogP contribution < -0.4 is 0 Å². The average Bonchev–Trinajstić information content (AvgIpc) is 2.01. The molecule has 0 aromatic carbocycles. The SMILES string of the molecule is CCCCOC(=O)C(=O)[P+](O)(O)O. The minimum Gasteiger partial charge on any atom is -0.457 e. The summed E-state index contributed by atoms with van der Waals surface area (Å²) in [6.45, 7) is 1.89. The van der Waals surface area contributed by atoms with Crippen molar-refractivity contribution in [2.75, 3.05) is 6.61 Å². The first-order chi connectivity index (χ1) is 5.89. The topological polar surface area (TPSA) is 104 Å². The standard InChI is InChI=1S/C6H12O6P/c1-2-3-4-12-5(7)6(8)13(9,10)11/h9-11H,2-4H2,1H3/q+1.